The fourth-order valence-corrected chi connectivity index (χ4v) is 2.38. The number of hydrogen-bond acceptors (Lipinski definition) is 9. The van der Waals surface area contributed by atoms with Gasteiger partial charge in [-0.2, -0.15) is 0 Å². The Labute approximate surface area is 158 Å². The van der Waals surface area contributed by atoms with Crippen LogP contribution in [0.3, 0.4) is 0 Å². The van der Waals surface area contributed by atoms with Crippen LogP contribution in [0, 0.1) is 0 Å². The van der Waals surface area contributed by atoms with Gasteiger partial charge in [0.2, 0.25) is 5.91 Å². The summed E-state index contributed by atoms with van der Waals surface area (Å²) in [5.74, 6) is -1.48. The molecule has 1 heterocycles. The second kappa shape index (κ2) is 8.66. The van der Waals surface area contributed by atoms with Crippen LogP contribution in [0.2, 0.25) is 0 Å². The maximum absolute atomic E-state index is 12.4. The van der Waals surface area contributed by atoms with Gasteiger partial charge in [0.05, 0.1) is 12.6 Å². The van der Waals surface area contributed by atoms with E-state index in [0.29, 0.717) is 0 Å². The summed E-state index contributed by atoms with van der Waals surface area (Å²) in [5.41, 5.74) is 3.79. The van der Waals surface area contributed by atoms with Gasteiger partial charge < -0.3 is 25.3 Å². The maximum Gasteiger partial charge on any atom is 0.516 e. The van der Waals surface area contributed by atoms with Gasteiger partial charge in [0.1, 0.15) is 17.2 Å². The lowest BCUT2D eigenvalue weighted by Gasteiger charge is -2.29. The van der Waals surface area contributed by atoms with Crippen LogP contribution in [0.25, 0.3) is 0 Å². The Morgan fingerprint density at radius 2 is 1.59 bits per heavy atom. The van der Waals surface area contributed by atoms with Crippen LogP contribution in [-0.4, -0.2) is 65.4 Å². The summed E-state index contributed by atoms with van der Waals surface area (Å²) in [6, 6.07) is -1.54. The summed E-state index contributed by atoms with van der Waals surface area (Å²) >= 11 is 0. The minimum atomic E-state index is -1.11. The van der Waals surface area contributed by atoms with Crippen molar-refractivity contribution in [2.45, 2.75) is 71.2 Å². The fourth-order valence-electron chi connectivity index (χ4n) is 2.38. The van der Waals surface area contributed by atoms with Crippen molar-refractivity contribution in [1.29, 1.82) is 0 Å². The molecule has 0 aromatic carbocycles. The van der Waals surface area contributed by atoms with E-state index in [9.17, 15) is 19.2 Å². The zero-order valence-electron chi connectivity index (χ0n) is 16.7. The number of nitrogens with zero attached hydrogens (tertiary/aromatic N) is 1. The van der Waals surface area contributed by atoms with E-state index in [4.69, 9.17) is 15.2 Å². The molecule has 1 fully saturated rings. The van der Waals surface area contributed by atoms with Crippen molar-refractivity contribution in [3.63, 3.8) is 0 Å². The van der Waals surface area contributed by atoms with Gasteiger partial charge in [-0.1, -0.05) is 0 Å². The average molecular weight is 387 g/mol. The van der Waals surface area contributed by atoms with Gasteiger partial charge in [0.25, 0.3) is 0 Å². The molecule has 1 saturated heterocycles. The summed E-state index contributed by atoms with van der Waals surface area (Å²) in [4.78, 5) is 49.1. The second-order valence-corrected chi connectivity index (χ2v) is 8.18. The number of nitrogens with two attached hydrogens (primary N) is 1. The molecule has 2 amide bonds. The Hall–Kier alpha value is -2.20. The first-order valence-corrected chi connectivity index (χ1v) is 8.66. The van der Waals surface area contributed by atoms with Crippen LogP contribution in [0.15, 0.2) is 0 Å². The zero-order valence-corrected chi connectivity index (χ0v) is 16.7. The molecule has 154 valence electrons. The number of imide groups is 1. The molecule has 10 heteroatoms. The minimum Gasteiger partial charge on any atom is -0.443 e. The van der Waals surface area contributed by atoms with Gasteiger partial charge in [-0.15, -0.1) is 0 Å². The summed E-state index contributed by atoms with van der Waals surface area (Å²) in [5, 5.41) is 2.83. The third-order valence-electron chi connectivity index (χ3n) is 3.36. The Morgan fingerprint density at radius 3 is 2.07 bits per heavy atom. The summed E-state index contributed by atoms with van der Waals surface area (Å²) < 4.78 is 14.8. The lowest BCUT2D eigenvalue weighted by atomic mass is 10.1. The van der Waals surface area contributed by atoms with Gasteiger partial charge >= 0.3 is 18.2 Å². The number of carbonyl (C=O) groups excluding carboxylic acids is 4. The lowest BCUT2D eigenvalue weighted by Crippen LogP contribution is -2.50. The zero-order chi connectivity index (χ0) is 21.0. The number of esters is 1. The third kappa shape index (κ3) is 7.51. The molecule has 0 bridgehead atoms. The predicted octanol–water partition coefficient (Wildman–Crippen LogP) is 0.918. The summed E-state index contributed by atoms with van der Waals surface area (Å²) in [7, 11) is 0. The van der Waals surface area contributed by atoms with Crippen LogP contribution in [0.1, 0.15) is 48.0 Å². The molecule has 10 nitrogen and oxygen atoms in total. The number of amides is 2. The van der Waals surface area contributed by atoms with E-state index in [1.165, 1.54) is 0 Å². The molecule has 27 heavy (non-hydrogen) atoms. The molecule has 0 aromatic heterocycles. The predicted molar refractivity (Wildman–Crippen MR) is 94.7 cm³/mol. The number of hydrogen-bond donors (Lipinski definition) is 2. The Balaban J connectivity index is 2.76. The molecule has 0 radical (unpaired) electrons. The molecule has 1 aliphatic rings. The fraction of sp³-hybridized carbons (Fsp3) is 0.765. The minimum absolute atomic E-state index is 0.0621. The van der Waals surface area contributed by atoms with Crippen LogP contribution < -0.4 is 11.1 Å². The molecule has 2 atom stereocenters. The van der Waals surface area contributed by atoms with Crippen LogP contribution in [-0.2, 0) is 23.8 Å². The van der Waals surface area contributed by atoms with Crippen molar-refractivity contribution < 1.29 is 33.4 Å². The van der Waals surface area contributed by atoms with Gasteiger partial charge in [-0.05, 0) is 48.0 Å². The van der Waals surface area contributed by atoms with Crippen molar-refractivity contribution in [2.75, 3.05) is 13.1 Å². The van der Waals surface area contributed by atoms with Crippen LogP contribution in [0.4, 0.5) is 9.59 Å². The number of nitrogens with one attached hydrogen (secondary N) is 1. The lowest BCUT2D eigenvalue weighted by molar-refractivity contribution is -0.144. The smallest absolute Gasteiger partial charge is 0.443 e. The molecule has 1 aliphatic heterocycles. The Bertz CT molecular complexity index is 592. The van der Waals surface area contributed by atoms with E-state index in [1.807, 2.05) is 0 Å². The van der Waals surface area contributed by atoms with E-state index < -0.39 is 47.4 Å². The highest BCUT2D eigenvalue weighted by Gasteiger charge is 2.40. The van der Waals surface area contributed by atoms with Crippen molar-refractivity contribution in [2.24, 2.45) is 5.73 Å². The molecule has 0 spiro atoms. The topological polar surface area (TPSA) is 137 Å². The largest absolute Gasteiger partial charge is 0.516 e. The maximum atomic E-state index is 12.4. The average Bonchev–Trinajstić information content (AvgIpc) is 2.92. The van der Waals surface area contributed by atoms with Crippen molar-refractivity contribution in [3.05, 3.63) is 0 Å². The van der Waals surface area contributed by atoms with E-state index in [1.54, 1.807) is 41.5 Å². The highest BCUT2D eigenvalue weighted by Crippen LogP contribution is 2.19. The second-order valence-electron chi connectivity index (χ2n) is 8.18. The number of carbonyl (C=O) groups is 4. The molecule has 0 saturated carbocycles. The summed E-state index contributed by atoms with van der Waals surface area (Å²) in [6.45, 7) is 9.68. The van der Waals surface area contributed by atoms with Crippen molar-refractivity contribution in [1.82, 2.24) is 10.2 Å². The quantitative estimate of drug-likeness (QED) is 0.535. The van der Waals surface area contributed by atoms with Crippen LogP contribution >= 0.6 is 0 Å². The monoisotopic (exact) mass is 387 g/mol. The third-order valence-corrected chi connectivity index (χ3v) is 3.36. The van der Waals surface area contributed by atoms with E-state index in [0.717, 1.165) is 4.90 Å². The van der Waals surface area contributed by atoms with Gasteiger partial charge in [-0.3, -0.25) is 4.79 Å². The van der Waals surface area contributed by atoms with Crippen molar-refractivity contribution in [3.8, 4) is 0 Å². The van der Waals surface area contributed by atoms with E-state index >= 15 is 0 Å². The van der Waals surface area contributed by atoms with Crippen LogP contribution in [0.5, 0.6) is 0 Å². The molecule has 0 unspecified atom stereocenters. The molecular formula is C17H29N3O7. The summed E-state index contributed by atoms with van der Waals surface area (Å²) in [6.07, 6.45) is -1.89. The highest BCUT2D eigenvalue weighted by molar-refractivity contribution is 5.94. The molecular weight excluding hydrogens is 358 g/mol. The Morgan fingerprint density at radius 1 is 1.04 bits per heavy atom. The van der Waals surface area contributed by atoms with Gasteiger partial charge in [0.15, 0.2) is 0 Å². The van der Waals surface area contributed by atoms with Gasteiger partial charge in [-0.25, -0.2) is 19.3 Å². The standard InChI is InChI=1S/C17H29N3O7/c1-16(2,3)26-14(23)20(12(21)8-18)10-7-11(19-9-10)13(22)25-15(24)27-17(4,5)6/h10-11,19H,7-9,18H2,1-6H3/t10-,11+/m1/s1. The first-order chi connectivity index (χ1) is 12.2. The molecule has 1 rings (SSSR count). The SMILES string of the molecule is CC(C)(C)OC(=O)OC(=O)[C@@H]1C[C@@H](N(C(=O)CN)C(=O)OC(C)(C)C)CN1. The highest BCUT2D eigenvalue weighted by atomic mass is 16.7. The van der Waals surface area contributed by atoms with Gasteiger partial charge in [0, 0.05) is 6.54 Å². The normalized spacial score (nSPS) is 20.0. The molecule has 3 N–H and O–H groups in total. The van der Waals surface area contributed by atoms with Crippen molar-refractivity contribution >= 4 is 24.1 Å². The number of ether oxygens (including phenoxy) is 3. The Kier molecular flexibility index (Phi) is 7.32. The van der Waals surface area contributed by atoms with E-state index in [2.05, 4.69) is 10.1 Å². The molecule has 0 aromatic rings. The number of rotatable bonds is 3. The van der Waals surface area contributed by atoms with E-state index in [-0.39, 0.29) is 19.5 Å². The first kappa shape index (κ1) is 22.8. The first-order valence-electron chi connectivity index (χ1n) is 8.66. The molecule has 0 aliphatic carbocycles.